The van der Waals surface area contributed by atoms with Crippen molar-refractivity contribution in [3.63, 3.8) is 0 Å². The summed E-state index contributed by atoms with van der Waals surface area (Å²) in [7, 11) is 0. The predicted molar refractivity (Wildman–Crippen MR) is 107 cm³/mol. The molecular weight excluding hydrogens is 352 g/mol. The topological polar surface area (TPSA) is 76.7 Å². The molecule has 2 N–H and O–H groups in total. The van der Waals surface area contributed by atoms with E-state index in [0.717, 1.165) is 11.4 Å². The molecule has 1 aromatic rings. The molecule has 0 aromatic heterocycles. The molecule has 0 aliphatic carbocycles. The van der Waals surface area contributed by atoms with Crippen LogP contribution in [0, 0.1) is 5.92 Å². The van der Waals surface area contributed by atoms with Gasteiger partial charge in [0.2, 0.25) is 5.91 Å². The molecule has 7 heteroatoms. The van der Waals surface area contributed by atoms with Crippen LogP contribution >= 0.6 is 11.8 Å². The summed E-state index contributed by atoms with van der Waals surface area (Å²) in [5, 5.41) is 5.50. The molecule has 0 saturated carbocycles. The molecule has 26 heavy (non-hydrogen) atoms. The van der Waals surface area contributed by atoms with Crippen molar-refractivity contribution in [2.45, 2.75) is 40.2 Å². The van der Waals surface area contributed by atoms with Crippen molar-refractivity contribution in [1.82, 2.24) is 5.32 Å². The van der Waals surface area contributed by atoms with Crippen molar-refractivity contribution in [3.05, 3.63) is 24.3 Å². The lowest BCUT2D eigenvalue weighted by atomic mass is 10.2. The van der Waals surface area contributed by atoms with Crippen LogP contribution in [0.25, 0.3) is 0 Å². The molecule has 1 rings (SSSR count). The van der Waals surface area contributed by atoms with E-state index in [1.807, 2.05) is 45.0 Å². The number of amides is 2. The van der Waals surface area contributed by atoms with Gasteiger partial charge in [-0.25, -0.2) is 4.79 Å². The molecule has 0 atom stereocenters. The summed E-state index contributed by atoms with van der Waals surface area (Å²) >= 11 is 1.45. The summed E-state index contributed by atoms with van der Waals surface area (Å²) in [4.78, 5) is 23.4. The number of carbonyl (C=O) groups excluding carboxylic acids is 2. The molecule has 1 aromatic carbocycles. The number of hydrogen-bond acceptors (Lipinski definition) is 5. The first-order chi connectivity index (χ1) is 12.2. The van der Waals surface area contributed by atoms with Gasteiger partial charge in [0, 0.05) is 18.0 Å². The Labute approximate surface area is 160 Å². The van der Waals surface area contributed by atoms with Gasteiger partial charge in [-0.3, -0.25) is 4.79 Å². The Morgan fingerprint density at radius 2 is 1.81 bits per heavy atom. The van der Waals surface area contributed by atoms with Gasteiger partial charge in [0.1, 0.15) is 11.4 Å². The first-order valence-corrected chi connectivity index (χ1v) is 9.88. The molecule has 0 unspecified atom stereocenters. The van der Waals surface area contributed by atoms with Gasteiger partial charge < -0.3 is 20.1 Å². The lowest BCUT2D eigenvalue weighted by Gasteiger charge is -2.19. The Hall–Kier alpha value is -1.89. The van der Waals surface area contributed by atoms with E-state index in [4.69, 9.17) is 9.47 Å². The molecule has 6 nitrogen and oxygen atoms in total. The second-order valence-corrected chi connectivity index (χ2v) is 8.36. The van der Waals surface area contributed by atoms with Crippen molar-refractivity contribution in [1.29, 1.82) is 0 Å². The van der Waals surface area contributed by atoms with Gasteiger partial charge in [-0.05, 0) is 51.0 Å². The van der Waals surface area contributed by atoms with Crippen LogP contribution in [0.4, 0.5) is 10.5 Å². The molecule has 0 radical (unpaired) electrons. The fourth-order valence-electron chi connectivity index (χ4n) is 1.80. The number of nitrogens with one attached hydrogen (secondary N) is 2. The lowest BCUT2D eigenvalue weighted by molar-refractivity contribution is -0.113. The third-order valence-electron chi connectivity index (χ3n) is 2.87. The zero-order valence-electron chi connectivity index (χ0n) is 16.3. The van der Waals surface area contributed by atoms with Gasteiger partial charge in [0.05, 0.1) is 12.4 Å². The monoisotopic (exact) mass is 382 g/mol. The Morgan fingerprint density at radius 3 is 2.38 bits per heavy atom. The molecule has 146 valence electrons. The van der Waals surface area contributed by atoms with Crippen molar-refractivity contribution in [2.24, 2.45) is 5.92 Å². The van der Waals surface area contributed by atoms with Crippen molar-refractivity contribution >= 4 is 29.4 Å². The third-order valence-corrected chi connectivity index (χ3v) is 3.83. The Balaban J connectivity index is 2.19. The molecular formula is C19H30N2O4S. The molecule has 0 aliphatic heterocycles. The standard InChI is InChI=1S/C19H30N2O4S/c1-14(2)12-24-16-8-6-15(7-9-16)21-17(22)13-26-11-10-20-18(23)25-19(3,4)5/h6-9,14H,10-13H2,1-5H3,(H,20,23)(H,21,22). The van der Waals surface area contributed by atoms with Gasteiger partial charge in [0.15, 0.2) is 0 Å². The highest BCUT2D eigenvalue weighted by molar-refractivity contribution is 7.99. The van der Waals surface area contributed by atoms with Crippen LogP contribution in [0.3, 0.4) is 0 Å². The first kappa shape index (κ1) is 22.2. The summed E-state index contributed by atoms with van der Waals surface area (Å²) in [5.74, 6) is 2.13. The summed E-state index contributed by atoms with van der Waals surface area (Å²) in [6, 6.07) is 7.33. The number of hydrogen-bond donors (Lipinski definition) is 2. The number of benzene rings is 1. The Morgan fingerprint density at radius 1 is 1.15 bits per heavy atom. The van der Waals surface area contributed by atoms with E-state index >= 15 is 0 Å². The minimum atomic E-state index is -0.507. The van der Waals surface area contributed by atoms with Crippen LogP contribution in [-0.2, 0) is 9.53 Å². The normalized spacial score (nSPS) is 11.2. The van der Waals surface area contributed by atoms with Gasteiger partial charge >= 0.3 is 6.09 Å². The van der Waals surface area contributed by atoms with E-state index in [2.05, 4.69) is 24.5 Å². The van der Waals surface area contributed by atoms with Crippen LogP contribution in [0.2, 0.25) is 0 Å². The van der Waals surface area contributed by atoms with E-state index in [-0.39, 0.29) is 5.91 Å². The molecule has 2 amide bonds. The number of thioether (sulfide) groups is 1. The van der Waals surface area contributed by atoms with Gasteiger partial charge in [-0.2, -0.15) is 11.8 Å². The molecule has 0 heterocycles. The average molecular weight is 383 g/mol. The second kappa shape index (κ2) is 11.0. The molecule has 0 saturated heterocycles. The van der Waals surface area contributed by atoms with E-state index in [9.17, 15) is 9.59 Å². The van der Waals surface area contributed by atoms with Crippen LogP contribution < -0.4 is 15.4 Å². The minimum absolute atomic E-state index is 0.0804. The van der Waals surface area contributed by atoms with Crippen LogP contribution in [-0.4, -0.2) is 42.3 Å². The van der Waals surface area contributed by atoms with Crippen LogP contribution in [0.15, 0.2) is 24.3 Å². The predicted octanol–water partition coefficient (Wildman–Crippen LogP) is 3.92. The van der Waals surface area contributed by atoms with Crippen LogP contribution in [0.1, 0.15) is 34.6 Å². The number of rotatable bonds is 9. The van der Waals surface area contributed by atoms with E-state index in [0.29, 0.717) is 30.6 Å². The van der Waals surface area contributed by atoms with Crippen molar-refractivity contribution in [2.75, 3.05) is 30.0 Å². The zero-order valence-corrected chi connectivity index (χ0v) is 17.1. The van der Waals surface area contributed by atoms with E-state index in [1.165, 1.54) is 11.8 Å². The second-order valence-electron chi connectivity index (χ2n) is 7.26. The fourth-order valence-corrected chi connectivity index (χ4v) is 2.45. The van der Waals surface area contributed by atoms with Crippen molar-refractivity contribution < 1.29 is 19.1 Å². The quantitative estimate of drug-likeness (QED) is 0.633. The summed E-state index contributed by atoms with van der Waals surface area (Å²) in [5.41, 5.74) is 0.228. The SMILES string of the molecule is CC(C)COc1ccc(NC(=O)CSCCNC(=O)OC(C)(C)C)cc1. The average Bonchev–Trinajstić information content (AvgIpc) is 2.52. The molecule has 0 bridgehead atoms. The molecule has 0 aliphatic rings. The van der Waals surface area contributed by atoms with Crippen LogP contribution in [0.5, 0.6) is 5.75 Å². The number of alkyl carbamates (subject to hydrolysis) is 1. The Kier molecular flexibility index (Phi) is 9.34. The smallest absolute Gasteiger partial charge is 0.407 e. The van der Waals surface area contributed by atoms with Gasteiger partial charge in [0.25, 0.3) is 0 Å². The third kappa shape index (κ3) is 10.9. The highest BCUT2D eigenvalue weighted by Gasteiger charge is 2.15. The number of ether oxygens (including phenoxy) is 2. The number of carbonyl (C=O) groups is 2. The molecule has 0 spiro atoms. The first-order valence-electron chi connectivity index (χ1n) is 8.73. The highest BCUT2D eigenvalue weighted by atomic mass is 32.2. The number of anilines is 1. The van der Waals surface area contributed by atoms with Crippen molar-refractivity contribution in [3.8, 4) is 5.75 Å². The minimum Gasteiger partial charge on any atom is -0.493 e. The van der Waals surface area contributed by atoms with E-state index < -0.39 is 11.7 Å². The van der Waals surface area contributed by atoms with E-state index in [1.54, 1.807) is 0 Å². The maximum absolute atomic E-state index is 11.9. The fraction of sp³-hybridized carbons (Fsp3) is 0.579. The van der Waals surface area contributed by atoms with Gasteiger partial charge in [-0.1, -0.05) is 13.8 Å². The summed E-state index contributed by atoms with van der Waals surface area (Å²) in [6.07, 6.45) is -0.442. The summed E-state index contributed by atoms with van der Waals surface area (Å²) < 4.78 is 10.7. The Bertz CT molecular complexity index is 568. The molecule has 0 fully saturated rings. The maximum Gasteiger partial charge on any atom is 0.407 e. The maximum atomic E-state index is 11.9. The zero-order chi connectivity index (χ0) is 19.6. The van der Waals surface area contributed by atoms with Gasteiger partial charge in [-0.15, -0.1) is 0 Å². The lowest BCUT2D eigenvalue weighted by Crippen LogP contribution is -2.33. The summed E-state index contributed by atoms with van der Waals surface area (Å²) in [6.45, 7) is 10.7. The highest BCUT2D eigenvalue weighted by Crippen LogP contribution is 2.16. The largest absolute Gasteiger partial charge is 0.493 e.